The quantitative estimate of drug-likeness (QED) is 0.879. The Kier molecular flexibility index (Phi) is 4.03. The molecule has 0 saturated carbocycles. The Labute approximate surface area is 120 Å². The first kappa shape index (κ1) is 13.6. The molecule has 2 heterocycles. The minimum Gasteiger partial charge on any atom is -0.325 e. The summed E-state index contributed by atoms with van der Waals surface area (Å²) in [7, 11) is 0. The molecular formula is C16H23N3O. The van der Waals surface area contributed by atoms with Crippen molar-refractivity contribution in [1.29, 1.82) is 0 Å². The maximum atomic E-state index is 12.2. The molecule has 1 aromatic carbocycles. The van der Waals surface area contributed by atoms with Crippen molar-refractivity contribution in [3.8, 4) is 0 Å². The minimum absolute atomic E-state index is 0.101. The van der Waals surface area contributed by atoms with Crippen LogP contribution in [0.2, 0.25) is 0 Å². The number of aryl methyl sites for hydroxylation is 1. The van der Waals surface area contributed by atoms with Crippen molar-refractivity contribution in [3.63, 3.8) is 0 Å². The zero-order chi connectivity index (χ0) is 13.9. The molecular weight excluding hydrogens is 250 g/mol. The number of para-hydroxylation sites is 1. The lowest BCUT2D eigenvalue weighted by Gasteiger charge is -2.34. The number of anilines is 1. The fourth-order valence-electron chi connectivity index (χ4n) is 3.37. The first-order valence-electron chi connectivity index (χ1n) is 7.53. The fourth-order valence-corrected chi connectivity index (χ4v) is 3.37. The van der Waals surface area contributed by atoms with Crippen LogP contribution >= 0.6 is 0 Å². The van der Waals surface area contributed by atoms with Crippen LogP contribution in [0.3, 0.4) is 0 Å². The van der Waals surface area contributed by atoms with E-state index in [0.717, 1.165) is 36.8 Å². The van der Waals surface area contributed by atoms with Gasteiger partial charge in [-0.2, -0.15) is 0 Å². The van der Waals surface area contributed by atoms with Crippen LogP contribution in [0.4, 0.5) is 5.69 Å². The van der Waals surface area contributed by atoms with Crippen molar-refractivity contribution in [2.24, 2.45) is 5.92 Å². The number of fused-ring (bicyclic) bond motifs is 1. The second-order valence-corrected chi connectivity index (χ2v) is 6.00. The van der Waals surface area contributed by atoms with Crippen molar-refractivity contribution >= 4 is 11.6 Å². The molecule has 2 aliphatic heterocycles. The van der Waals surface area contributed by atoms with Gasteiger partial charge in [-0.1, -0.05) is 18.2 Å². The van der Waals surface area contributed by atoms with Gasteiger partial charge in [0.25, 0.3) is 0 Å². The number of carbonyl (C=O) groups excluding carboxylic acids is 1. The maximum absolute atomic E-state index is 12.2. The van der Waals surface area contributed by atoms with E-state index in [1.165, 1.54) is 12.8 Å². The number of rotatable bonds is 3. The number of hydrogen-bond donors (Lipinski definition) is 2. The smallest absolute Gasteiger partial charge is 0.238 e. The summed E-state index contributed by atoms with van der Waals surface area (Å²) in [5.41, 5.74) is 2.04. The van der Waals surface area contributed by atoms with Gasteiger partial charge in [0.1, 0.15) is 0 Å². The van der Waals surface area contributed by atoms with E-state index in [2.05, 4.69) is 15.5 Å². The number of piperidine rings is 1. The van der Waals surface area contributed by atoms with E-state index >= 15 is 0 Å². The molecule has 0 bridgehead atoms. The summed E-state index contributed by atoms with van der Waals surface area (Å²) in [4.78, 5) is 14.5. The Bertz CT molecular complexity index is 488. The predicted octanol–water partition coefficient (Wildman–Crippen LogP) is 1.62. The Morgan fingerprint density at radius 3 is 3.10 bits per heavy atom. The summed E-state index contributed by atoms with van der Waals surface area (Å²) in [6.45, 7) is 5.75. The van der Waals surface area contributed by atoms with E-state index < -0.39 is 0 Å². The molecule has 2 saturated heterocycles. The van der Waals surface area contributed by atoms with Crippen LogP contribution in [0, 0.1) is 12.8 Å². The zero-order valence-electron chi connectivity index (χ0n) is 12.1. The van der Waals surface area contributed by atoms with E-state index in [1.807, 2.05) is 31.2 Å². The van der Waals surface area contributed by atoms with Crippen molar-refractivity contribution in [2.45, 2.75) is 25.8 Å². The predicted molar refractivity (Wildman–Crippen MR) is 80.8 cm³/mol. The molecule has 20 heavy (non-hydrogen) atoms. The molecule has 1 amide bonds. The van der Waals surface area contributed by atoms with Crippen molar-refractivity contribution in [3.05, 3.63) is 29.8 Å². The molecule has 2 N–H and O–H groups in total. The van der Waals surface area contributed by atoms with Gasteiger partial charge in [-0.15, -0.1) is 0 Å². The summed E-state index contributed by atoms with van der Waals surface area (Å²) in [5.74, 6) is 0.832. The molecule has 2 aliphatic rings. The second-order valence-electron chi connectivity index (χ2n) is 6.00. The highest BCUT2D eigenvalue weighted by Crippen LogP contribution is 2.24. The number of benzene rings is 1. The van der Waals surface area contributed by atoms with Crippen LogP contribution in [0.5, 0.6) is 0 Å². The number of nitrogens with zero attached hydrogens (tertiary/aromatic N) is 1. The van der Waals surface area contributed by atoms with Gasteiger partial charge in [0.15, 0.2) is 0 Å². The lowest BCUT2D eigenvalue weighted by atomic mass is 9.93. The van der Waals surface area contributed by atoms with E-state index in [4.69, 9.17) is 0 Å². The minimum atomic E-state index is 0.101. The summed E-state index contributed by atoms with van der Waals surface area (Å²) < 4.78 is 0. The lowest BCUT2D eigenvalue weighted by molar-refractivity contribution is -0.117. The molecule has 4 heteroatoms. The summed E-state index contributed by atoms with van der Waals surface area (Å²) in [5, 5.41) is 6.57. The SMILES string of the molecule is Cc1ccccc1NC(=O)CN1CCC2NCCC2C1. The van der Waals surface area contributed by atoms with Crippen molar-refractivity contribution in [1.82, 2.24) is 10.2 Å². The summed E-state index contributed by atoms with van der Waals surface area (Å²) in [6, 6.07) is 8.61. The van der Waals surface area contributed by atoms with Gasteiger partial charge in [0.2, 0.25) is 5.91 Å². The van der Waals surface area contributed by atoms with Gasteiger partial charge in [0, 0.05) is 24.8 Å². The average Bonchev–Trinajstić information content (AvgIpc) is 2.89. The molecule has 0 spiro atoms. The zero-order valence-corrected chi connectivity index (χ0v) is 12.1. The molecule has 4 nitrogen and oxygen atoms in total. The molecule has 0 aliphatic carbocycles. The molecule has 3 rings (SSSR count). The molecule has 0 radical (unpaired) electrons. The van der Waals surface area contributed by atoms with Crippen molar-refractivity contribution in [2.75, 3.05) is 31.5 Å². The van der Waals surface area contributed by atoms with Crippen LogP contribution in [0.25, 0.3) is 0 Å². The highest BCUT2D eigenvalue weighted by molar-refractivity contribution is 5.92. The van der Waals surface area contributed by atoms with E-state index in [1.54, 1.807) is 0 Å². The van der Waals surface area contributed by atoms with E-state index in [9.17, 15) is 4.79 Å². The van der Waals surface area contributed by atoms with Crippen LogP contribution in [-0.2, 0) is 4.79 Å². The Morgan fingerprint density at radius 1 is 1.40 bits per heavy atom. The molecule has 2 fully saturated rings. The third-order valence-corrected chi connectivity index (χ3v) is 4.53. The molecule has 2 unspecified atom stereocenters. The van der Waals surface area contributed by atoms with E-state index in [0.29, 0.717) is 12.6 Å². The highest BCUT2D eigenvalue weighted by Gasteiger charge is 2.32. The largest absolute Gasteiger partial charge is 0.325 e. The van der Waals surface area contributed by atoms with Gasteiger partial charge in [-0.05, 0) is 43.9 Å². The number of likely N-dealkylation sites (tertiary alicyclic amines) is 1. The number of amides is 1. The van der Waals surface area contributed by atoms with Crippen LogP contribution in [-0.4, -0.2) is 43.0 Å². The standard InChI is InChI=1S/C16H23N3O/c1-12-4-2-3-5-14(12)18-16(20)11-19-9-7-15-13(10-19)6-8-17-15/h2-5,13,15,17H,6-11H2,1H3,(H,18,20). The normalized spacial score (nSPS) is 26.2. The van der Waals surface area contributed by atoms with Gasteiger partial charge in [-0.25, -0.2) is 0 Å². The number of hydrogen-bond acceptors (Lipinski definition) is 3. The summed E-state index contributed by atoms with van der Waals surface area (Å²) in [6.07, 6.45) is 2.42. The maximum Gasteiger partial charge on any atom is 0.238 e. The monoisotopic (exact) mass is 273 g/mol. The van der Waals surface area contributed by atoms with Crippen LogP contribution in [0.1, 0.15) is 18.4 Å². The topological polar surface area (TPSA) is 44.4 Å². The van der Waals surface area contributed by atoms with Gasteiger partial charge in [-0.3, -0.25) is 9.69 Å². The second kappa shape index (κ2) is 5.94. The highest BCUT2D eigenvalue weighted by atomic mass is 16.2. The van der Waals surface area contributed by atoms with Crippen LogP contribution in [0.15, 0.2) is 24.3 Å². The Morgan fingerprint density at radius 2 is 2.25 bits per heavy atom. The average molecular weight is 273 g/mol. The fraction of sp³-hybridized carbons (Fsp3) is 0.562. The van der Waals surface area contributed by atoms with Gasteiger partial charge < -0.3 is 10.6 Å². The third-order valence-electron chi connectivity index (χ3n) is 4.53. The first-order valence-corrected chi connectivity index (χ1v) is 7.53. The van der Waals surface area contributed by atoms with E-state index in [-0.39, 0.29) is 5.91 Å². The van der Waals surface area contributed by atoms with Crippen molar-refractivity contribution < 1.29 is 4.79 Å². The molecule has 108 valence electrons. The Hall–Kier alpha value is -1.39. The number of nitrogens with one attached hydrogen (secondary N) is 2. The lowest BCUT2D eigenvalue weighted by Crippen LogP contribution is -2.46. The molecule has 1 aromatic rings. The van der Waals surface area contributed by atoms with Gasteiger partial charge >= 0.3 is 0 Å². The molecule has 0 aromatic heterocycles. The summed E-state index contributed by atoms with van der Waals surface area (Å²) >= 11 is 0. The first-order chi connectivity index (χ1) is 9.72. The third kappa shape index (κ3) is 3.02. The van der Waals surface area contributed by atoms with Gasteiger partial charge in [0.05, 0.1) is 6.54 Å². The number of carbonyl (C=O) groups is 1. The molecule has 2 atom stereocenters. The Balaban J connectivity index is 1.53. The van der Waals surface area contributed by atoms with Crippen LogP contribution < -0.4 is 10.6 Å².